The average Bonchev–Trinajstić information content (AvgIpc) is 2.24. The molecule has 2 N–H and O–H groups in total. The second-order valence-electron chi connectivity index (χ2n) is 5.46. The third kappa shape index (κ3) is 4.65. The quantitative estimate of drug-likeness (QED) is 0.772. The van der Waals surface area contributed by atoms with Gasteiger partial charge >= 0.3 is 7.48 Å². The van der Waals surface area contributed by atoms with Gasteiger partial charge in [-0.05, 0) is 45.3 Å². The maximum absolute atomic E-state index is 10.9. The molecule has 1 amide bonds. The van der Waals surface area contributed by atoms with E-state index in [4.69, 9.17) is 4.65 Å². The summed E-state index contributed by atoms with van der Waals surface area (Å²) in [4.78, 5) is 15.0. The molecule has 0 saturated carbocycles. The van der Waals surface area contributed by atoms with Crippen molar-refractivity contribution < 1.29 is 14.6 Å². The van der Waals surface area contributed by atoms with Crippen LogP contribution in [-0.4, -0.2) is 34.7 Å². The summed E-state index contributed by atoms with van der Waals surface area (Å²) in [7, 11) is 1.55. The molecule has 1 aromatic rings. The Balaban J connectivity index is 2.71. The number of nitrogens with one attached hydrogen (secondary N) is 1. The minimum Gasteiger partial charge on any atom is -0.427 e. The fraction of sp³-hybridized carbons (Fsp3) is 0.538. The highest BCUT2D eigenvalue weighted by molar-refractivity contribution is 6.47. The van der Waals surface area contributed by atoms with Crippen LogP contribution >= 0.6 is 0 Å². The summed E-state index contributed by atoms with van der Waals surface area (Å²) in [5, 5.41) is 12.6. The van der Waals surface area contributed by atoms with Gasteiger partial charge in [0.2, 0.25) is 5.91 Å². The van der Waals surface area contributed by atoms with Gasteiger partial charge in [-0.3, -0.25) is 4.79 Å². The minimum absolute atomic E-state index is 0.178. The highest BCUT2D eigenvalue weighted by Gasteiger charge is 2.35. The second-order valence-corrected chi connectivity index (χ2v) is 5.46. The number of anilines is 1. The standard InChI is InChI=1S/C13H20BN2O3/c1-9(17)16-11-8-10(6-7-15-11)14-19-13(4,5)12(2,3)18/h6-8,18H,1-5H3,(H,15,16,17). The molecule has 1 radical (unpaired) electrons. The Morgan fingerprint density at radius 2 is 2.05 bits per heavy atom. The summed E-state index contributed by atoms with van der Waals surface area (Å²) in [6, 6.07) is 3.45. The Morgan fingerprint density at radius 1 is 1.42 bits per heavy atom. The SMILES string of the molecule is CC(=O)Nc1cc([B]OC(C)(C)C(C)(C)O)ccn1. The summed E-state index contributed by atoms with van der Waals surface area (Å²) in [5.74, 6) is 0.285. The monoisotopic (exact) mass is 263 g/mol. The first-order valence-corrected chi connectivity index (χ1v) is 6.09. The van der Waals surface area contributed by atoms with Crippen LogP contribution in [0.1, 0.15) is 34.6 Å². The molecular formula is C13H20BN2O3. The van der Waals surface area contributed by atoms with Crippen molar-refractivity contribution in [2.24, 2.45) is 0 Å². The van der Waals surface area contributed by atoms with Crippen LogP contribution in [0, 0.1) is 0 Å². The smallest absolute Gasteiger partial charge is 0.331 e. The molecule has 0 aliphatic rings. The summed E-state index contributed by atoms with van der Waals surface area (Å²) in [5.41, 5.74) is -0.947. The van der Waals surface area contributed by atoms with Crippen molar-refractivity contribution >= 4 is 24.7 Å². The number of rotatable bonds is 5. The molecule has 19 heavy (non-hydrogen) atoms. The van der Waals surface area contributed by atoms with Crippen LogP contribution in [-0.2, 0) is 9.45 Å². The van der Waals surface area contributed by atoms with E-state index < -0.39 is 11.2 Å². The van der Waals surface area contributed by atoms with Crippen LogP contribution in [0.5, 0.6) is 0 Å². The van der Waals surface area contributed by atoms with Crippen LogP contribution in [0.25, 0.3) is 0 Å². The van der Waals surface area contributed by atoms with Gasteiger partial charge in [0.1, 0.15) is 5.82 Å². The fourth-order valence-electron chi connectivity index (χ4n) is 1.13. The van der Waals surface area contributed by atoms with E-state index in [1.807, 2.05) is 0 Å². The van der Waals surface area contributed by atoms with E-state index in [1.165, 1.54) is 6.92 Å². The molecule has 1 rings (SSSR count). The Hall–Kier alpha value is -1.40. The normalized spacial score (nSPS) is 12.1. The van der Waals surface area contributed by atoms with Crippen LogP contribution < -0.4 is 10.8 Å². The fourth-order valence-corrected chi connectivity index (χ4v) is 1.13. The summed E-state index contributed by atoms with van der Waals surface area (Å²) >= 11 is 0. The number of carbonyl (C=O) groups is 1. The number of amides is 1. The summed E-state index contributed by atoms with van der Waals surface area (Å²) in [6.45, 7) is 8.41. The molecule has 0 aliphatic carbocycles. The maximum Gasteiger partial charge on any atom is 0.331 e. The molecule has 5 nitrogen and oxygen atoms in total. The predicted molar refractivity (Wildman–Crippen MR) is 75.4 cm³/mol. The largest absolute Gasteiger partial charge is 0.427 e. The first-order valence-electron chi connectivity index (χ1n) is 6.09. The van der Waals surface area contributed by atoms with Crippen LogP contribution in [0.4, 0.5) is 5.82 Å². The van der Waals surface area contributed by atoms with Crippen LogP contribution in [0.3, 0.4) is 0 Å². The lowest BCUT2D eigenvalue weighted by Crippen LogP contribution is -2.49. The molecule has 0 aromatic carbocycles. The van der Waals surface area contributed by atoms with Gasteiger partial charge in [0.15, 0.2) is 0 Å². The molecule has 0 saturated heterocycles. The number of hydrogen-bond donors (Lipinski definition) is 2. The number of hydrogen-bond acceptors (Lipinski definition) is 4. The molecule has 0 bridgehead atoms. The van der Waals surface area contributed by atoms with Crippen LogP contribution in [0.2, 0.25) is 0 Å². The molecular weight excluding hydrogens is 243 g/mol. The number of nitrogens with zero attached hydrogens (tertiary/aromatic N) is 1. The molecule has 0 aliphatic heterocycles. The van der Waals surface area contributed by atoms with Gasteiger partial charge in [0.05, 0.1) is 11.2 Å². The van der Waals surface area contributed by atoms with Crippen molar-refractivity contribution in [2.75, 3.05) is 5.32 Å². The van der Waals surface area contributed by atoms with Crippen molar-refractivity contribution in [3.63, 3.8) is 0 Å². The van der Waals surface area contributed by atoms with E-state index >= 15 is 0 Å². The third-order valence-corrected chi connectivity index (χ3v) is 3.05. The first-order chi connectivity index (χ1) is 8.62. The highest BCUT2D eigenvalue weighted by atomic mass is 16.5. The number of aromatic nitrogens is 1. The van der Waals surface area contributed by atoms with Crippen molar-refractivity contribution in [1.29, 1.82) is 0 Å². The van der Waals surface area contributed by atoms with Crippen molar-refractivity contribution in [1.82, 2.24) is 4.98 Å². The molecule has 1 aromatic heterocycles. The van der Waals surface area contributed by atoms with E-state index in [9.17, 15) is 9.90 Å². The molecule has 1 heterocycles. The lowest BCUT2D eigenvalue weighted by Gasteiger charge is -2.37. The van der Waals surface area contributed by atoms with Crippen molar-refractivity contribution in [3.8, 4) is 0 Å². The van der Waals surface area contributed by atoms with Gasteiger partial charge in [-0.2, -0.15) is 0 Å². The van der Waals surface area contributed by atoms with Crippen LogP contribution in [0.15, 0.2) is 18.3 Å². The summed E-state index contributed by atoms with van der Waals surface area (Å²) in [6.07, 6.45) is 1.58. The van der Waals surface area contributed by atoms with Gasteiger partial charge in [-0.15, -0.1) is 0 Å². The predicted octanol–water partition coefficient (Wildman–Crippen LogP) is 0.851. The second kappa shape index (κ2) is 5.71. The van der Waals surface area contributed by atoms with Gasteiger partial charge in [0, 0.05) is 13.1 Å². The first kappa shape index (κ1) is 15.7. The van der Waals surface area contributed by atoms with E-state index in [0.29, 0.717) is 5.82 Å². The van der Waals surface area contributed by atoms with Gasteiger partial charge in [-0.1, -0.05) is 0 Å². The maximum atomic E-state index is 10.9. The van der Waals surface area contributed by atoms with E-state index in [0.717, 1.165) is 5.46 Å². The Labute approximate surface area is 114 Å². The number of pyridine rings is 1. The summed E-state index contributed by atoms with van der Waals surface area (Å²) < 4.78 is 5.62. The Bertz CT molecular complexity index is 455. The minimum atomic E-state index is -0.975. The topological polar surface area (TPSA) is 71.5 Å². The average molecular weight is 263 g/mol. The molecule has 0 unspecified atom stereocenters. The zero-order valence-electron chi connectivity index (χ0n) is 12.0. The molecule has 6 heteroatoms. The molecule has 0 atom stereocenters. The van der Waals surface area contributed by atoms with Gasteiger partial charge in [0.25, 0.3) is 0 Å². The Morgan fingerprint density at radius 3 is 2.58 bits per heavy atom. The number of carbonyl (C=O) groups excluding carboxylic acids is 1. The zero-order valence-corrected chi connectivity index (χ0v) is 12.0. The lowest BCUT2D eigenvalue weighted by atomic mass is 9.83. The van der Waals surface area contributed by atoms with E-state index in [-0.39, 0.29) is 5.91 Å². The number of aliphatic hydroxyl groups is 1. The van der Waals surface area contributed by atoms with Crippen molar-refractivity contribution in [2.45, 2.75) is 45.8 Å². The molecule has 103 valence electrons. The van der Waals surface area contributed by atoms with E-state index in [1.54, 1.807) is 53.5 Å². The van der Waals surface area contributed by atoms with Crippen molar-refractivity contribution in [3.05, 3.63) is 18.3 Å². The van der Waals surface area contributed by atoms with E-state index in [2.05, 4.69) is 10.3 Å². The zero-order chi connectivity index (χ0) is 14.7. The Kier molecular flexibility index (Phi) is 4.71. The molecule has 0 fully saturated rings. The highest BCUT2D eigenvalue weighted by Crippen LogP contribution is 2.24. The third-order valence-electron chi connectivity index (χ3n) is 3.05. The lowest BCUT2D eigenvalue weighted by molar-refractivity contribution is -0.114. The van der Waals surface area contributed by atoms with Gasteiger partial charge < -0.3 is 15.1 Å². The molecule has 0 spiro atoms. The van der Waals surface area contributed by atoms with Gasteiger partial charge in [-0.25, -0.2) is 4.98 Å².